The second-order valence-electron chi connectivity index (χ2n) is 5.01. The van der Waals surface area contributed by atoms with Crippen LogP contribution in [0.15, 0.2) is 24.3 Å². The lowest BCUT2D eigenvalue weighted by molar-refractivity contribution is -0.150. The maximum atomic E-state index is 12.8. The van der Waals surface area contributed by atoms with Gasteiger partial charge in [-0.3, -0.25) is 14.4 Å². The van der Waals surface area contributed by atoms with Crippen LogP contribution >= 0.6 is 11.8 Å². The molecule has 26 heavy (non-hydrogen) atoms. The van der Waals surface area contributed by atoms with E-state index < -0.39 is 48.2 Å². The van der Waals surface area contributed by atoms with E-state index >= 15 is 0 Å². The average molecular weight is 396 g/mol. The summed E-state index contributed by atoms with van der Waals surface area (Å²) in [6.07, 6.45) is -4.55. The van der Waals surface area contributed by atoms with E-state index in [1.165, 1.54) is 31.2 Å². The largest absolute Gasteiger partial charge is 0.455 e. The van der Waals surface area contributed by atoms with Gasteiger partial charge in [-0.2, -0.15) is 13.2 Å². The van der Waals surface area contributed by atoms with Crippen molar-refractivity contribution in [2.45, 2.75) is 18.3 Å². The van der Waals surface area contributed by atoms with Gasteiger partial charge in [0.2, 0.25) is 5.91 Å². The van der Waals surface area contributed by atoms with Gasteiger partial charge in [0, 0.05) is 5.69 Å². The first-order valence-corrected chi connectivity index (χ1v) is 8.29. The van der Waals surface area contributed by atoms with Gasteiger partial charge in [0.05, 0.1) is 5.75 Å². The van der Waals surface area contributed by atoms with Crippen molar-refractivity contribution < 1.29 is 36.7 Å². The van der Waals surface area contributed by atoms with Crippen LogP contribution in [0, 0.1) is 5.82 Å². The van der Waals surface area contributed by atoms with Crippen molar-refractivity contribution in [1.82, 2.24) is 5.32 Å². The van der Waals surface area contributed by atoms with Crippen molar-refractivity contribution in [3.8, 4) is 0 Å². The molecule has 0 aliphatic rings. The molecule has 0 unspecified atom stereocenters. The zero-order valence-electron chi connectivity index (χ0n) is 13.6. The second-order valence-corrected chi connectivity index (χ2v) is 6.34. The molecule has 1 aromatic carbocycles. The monoisotopic (exact) mass is 396 g/mol. The first-order chi connectivity index (χ1) is 12.1. The molecule has 11 heteroatoms. The van der Waals surface area contributed by atoms with Crippen molar-refractivity contribution in [2.75, 3.05) is 24.2 Å². The number of hydrogen-bond acceptors (Lipinski definition) is 5. The summed E-state index contributed by atoms with van der Waals surface area (Å²) in [5, 5.41) is 3.24. The van der Waals surface area contributed by atoms with Crippen LogP contribution in [0.25, 0.3) is 0 Å². The molecule has 1 aromatic rings. The van der Waals surface area contributed by atoms with Gasteiger partial charge in [0.15, 0.2) is 6.61 Å². The van der Waals surface area contributed by atoms with Gasteiger partial charge < -0.3 is 15.4 Å². The predicted molar refractivity (Wildman–Crippen MR) is 87.0 cm³/mol. The van der Waals surface area contributed by atoms with E-state index in [-0.39, 0.29) is 5.75 Å². The molecule has 1 atom stereocenters. The molecule has 1 rings (SSSR count). The van der Waals surface area contributed by atoms with E-state index in [9.17, 15) is 31.9 Å². The SMILES string of the molecule is C[C@@H](SCC(=O)Nc1ccc(F)cc1)C(=O)OCC(=O)NCC(F)(F)F. The van der Waals surface area contributed by atoms with Crippen molar-refractivity contribution in [1.29, 1.82) is 0 Å². The van der Waals surface area contributed by atoms with E-state index in [2.05, 4.69) is 10.1 Å². The van der Waals surface area contributed by atoms with Crippen molar-refractivity contribution in [3.63, 3.8) is 0 Å². The predicted octanol–water partition coefficient (Wildman–Crippen LogP) is 2.11. The molecule has 0 heterocycles. The van der Waals surface area contributed by atoms with Crippen LogP contribution in [-0.2, 0) is 19.1 Å². The maximum absolute atomic E-state index is 12.8. The van der Waals surface area contributed by atoms with Crippen LogP contribution in [0.3, 0.4) is 0 Å². The fraction of sp³-hybridized carbons (Fsp3) is 0.400. The smallest absolute Gasteiger partial charge is 0.405 e. The Morgan fingerprint density at radius 3 is 2.35 bits per heavy atom. The Balaban J connectivity index is 2.27. The number of thioether (sulfide) groups is 1. The Kier molecular flexibility index (Phi) is 8.36. The molecule has 0 fully saturated rings. The zero-order chi connectivity index (χ0) is 19.7. The van der Waals surface area contributed by atoms with Gasteiger partial charge in [-0.1, -0.05) is 0 Å². The van der Waals surface area contributed by atoms with Crippen LogP contribution in [0.5, 0.6) is 0 Å². The number of hydrogen-bond donors (Lipinski definition) is 2. The molecule has 0 saturated carbocycles. The lowest BCUT2D eigenvalue weighted by Gasteiger charge is -2.12. The lowest BCUT2D eigenvalue weighted by Crippen LogP contribution is -2.37. The van der Waals surface area contributed by atoms with Gasteiger partial charge >= 0.3 is 12.1 Å². The van der Waals surface area contributed by atoms with Gasteiger partial charge in [0.1, 0.15) is 17.6 Å². The molecular formula is C15H16F4N2O4S. The lowest BCUT2D eigenvalue weighted by atomic mass is 10.3. The third-order valence-corrected chi connectivity index (χ3v) is 3.88. The van der Waals surface area contributed by atoms with E-state index in [0.29, 0.717) is 5.69 Å². The van der Waals surface area contributed by atoms with E-state index in [4.69, 9.17) is 0 Å². The number of esters is 1. The highest BCUT2D eigenvalue weighted by atomic mass is 32.2. The second kappa shape index (κ2) is 10.00. The highest BCUT2D eigenvalue weighted by Gasteiger charge is 2.28. The fourth-order valence-corrected chi connectivity index (χ4v) is 2.18. The standard InChI is InChI=1S/C15H16F4N2O4S/c1-9(14(24)25-6-12(22)20-8-15(17,18)19)26-7-13(23)21-11-4-2-10(16)3-5-11/h2-5,9H,6-8H2,1H3,(H,20,22)(H,21,23)/t9-/m1/s1. The Labute approximate surface area is 150 Å². The minimum Gasteiger partial charge on any atom is -0.455 e. The van der Waals surface area contributed by atoms with Crippen molar-refractivity contribution in [3.05, 3.63) is 30.1 Å². The number of carbonyl (C=O) groups is 3. The zero-order valence-corrected chi connectivity index (χ0v) is 14.4. The summed E-state index contributed by atoms with van der Waals surface area (Å²) in [6, 6.07) is 5.09. The van der Waals surface area contributed by atoms with E-state index in [0.717, 1.165) is 11.8 Å². The maximum Gasteiger partial charge on any atom is 0.405 e. The Hall–Kier alpha value is -2.30. The first kappa shape index (κ1) is 21.7. The third kappa shape index (κ3) is 9.25. The number of ether oxygens (including phenoxy) is 1. The molecule has 6 nitrogen and oxygen atoms in total. The molecule has 0 radical (unpaired) electrons. The summed E-state index contributed by atoms with van der Waals surface area (Å²) in [5.74, 6) is -2.93. The molecule has 0 bridgehead atoms. The average Bonchev–Trinajstić information content (AvgIpc) is 2.57. The van der Waals surface area contributed by atoms with E-state index in [1.807, 2.05) is 0 Å². The quantitative estimate of drug-likeness (QED) is 0.519. The topological polar surface area (TPSA) is 84.5 Å². The summed E-state index contributed by atoms with van der Waals surface area (Å²) >= 11 is 0.912. The number of anilines is 1. The Morgan fingerprint density at radius 2 is 1.77 bits per heavy atom. The number of rotatable bonds is 8. The molecule has 0 spiro atoms. The summed E-state index contributed by atoms with van der Waals surface area (Å²) < 4.78 is 53.1. The Bertz CT molecular complexity index is 638. The van der Waals surface area contributed by atoms with Gasteiger partial charge in [-0.05, 0) is 31.2 Å². The summed E-state index contributed by atoms with van der Waals surface area (Å²) in [4.78, 5) is 34.5. The molecule has 0 aliphatic heterocycles. The van der Waals surface area contributed by atoms with Gasteiger partial charge in [-0.25, -0.2) is 4.39 Å². The number of nitrogens with one attached hydrogen (secondary N) is 2. The molecule has 0 aromatic heterocycles. The summed E-state index contributed by atoms with van der Waals surface area (Å²) in [7, 11) is 0. The third-order valence-electron chi connectivity index (χ3n) is 2.76. The fourth-order valence-electron chi connectivity index (χ4n) is 1.50. The van der Waals surface area contributed by atoms with Crippen molar-refractivity contribution >= 4 is 35.2 Å². The molecule has 144 valence electrons. The van der Waals surface area contributed by atoms with Crippen LogP contribution in [0.4, 0.5) is 23.2 Å². The van der Waals surface area contributed by atoms with Crippen LogP contribution < -0.4 is 10.6 Å². The summed E-state index contributed by atoms with van der Waals surface area (Å²) in [5.41, 5.74) is 0.383. The molecule has 0 aliphatic carbocycles. The van der Waals surface area contributed by atoms with E-state index in [1.54, 1.807) is 5.32 Å². The number of alkyl halides is 3. The van der Waals surface area contributed by atoms with Crippen molar-refractivity contribution in [2.24, 2.45) is 0 Å². The van der Waals surface area contributed by atoms with Gasteiger partial charge in [0.25, 0.3) is 5.91 Å². The first-order valence-electron chi connectivity index (χ1n) is 7.24. The van der Waals surface area contributed by atoms with Crippen LogP contribution in [0.1, 0.15) is 6.92 Å². The minimum atomic E-state index is -4.55. The normalized spacial score (nSPS) is 12.2. The highest BCUT2D eigenvalue weighted by molar-refractivity contribution is 8.01. The molecule has 0 saturated heterocycles. The number of halogens is 4. The summed E-state index contributed by atoms with van der Waals surface area (Å²) in [6.45, 7) is -0.940. The molecule has 2 amide bonds. The Morgan fingerprint density at radius 1 is 1.15 bits per heavy atom. The van der Waals surface area contributed by atoms with Gasteiger partial charge in [-0.15, -0.1) is 11.8 Å². The molecular weight excluding hydrogens is 380 g/mol. The number of carbonyl (C=O) groups excluding carboxylic acids is 3. The molecule has 2 N–H and O–H groups in total. The minimum absolute atomic E-state index is 0.117. The number of amides is 2. The highest BCUT2D eigenvalue weighted by Crippen LogP contribution is 2.14. The van der Waals surface area contributed by atoms with Crippen LogP contribution in [-0.4, -0.2) is 48.1 Å². The van der Waals surface area contributed by atoms with Crippen LogP contribution in [0.2, 0.25) is 0 Å². The number of benzene rings is 1.